The highest BCUT2D eigenvalue weighted by Gasteiger charge is 2.25. The van der Waals surface area contributed by atoms with E-state index in [0.29, 0.717) is 6.61 Å². The number of ether oxygens (including phenoxy) is 1. The maximum Gasteiger partial charge on any atom is 0.101 e. The molecule has 0 aromatic carbocycles. The van der Waals surface area contributed by atoms with Crippen molar-refractivity contribution < 1.29 is 9.84 Å². The minimum absolute atomic E-state index is 0.223. The molecule has 0 spiro atoms. The van der Waals surface area contributed by atoms with Gasteiger partial charge in [-0.25, -0.2) is 0 Å². The summed E-state index contributed by atoms with van der Waals surface area (Å²) in [5.41, 5.74) is 0.928. The minimum Gasteiger partial charge on any atom is -0.386 e. The zero-order valence-electron chi connectivity index (χ0n) is 9.80. The lowest BCUT2D eigenvalue weighted by molar-refractivity contribution is -0.0132. The van der Waals surface area contributed by atoms with Crippen LogP contribution in [-0.2, 0) is 11.3 Å². The van der Waals surface area contributed by atoms with Crippen molar-refractivity contribution in [2.24, 2.45) is 5.92 Å². The van der Waals surface area contributed by atoms with E-state index >= 15 is 0 Å². The molecular formula is C12H20N2O2. The lowest BCUT2D eigenvalue weighted by Crippen LogP contribution is -2.25. The Morgan fingerprint density at radius 3 is 3.25 bits per heavy atom. The van der Waals surface area contributed by atoms with E-state index in [2.05, 4.69) is 12.0 Å². The monoisotopic (exact) mass is 224 g/mol. The lowest BCUT2D eigenvalue weighted by atomic mass is 9.94. The van der Waals surface area contributed by atoms with E-state index in [4.69, 9.17) is 4.74 Å². The van der Waals surface area contributed by atoms with Crippen molar-refractivity contribution in [3.63, 3.8) is 0 Å². The Hall–Kier alpha value is -0.870. The van der Waals surface area contributed by atoms with Gasteiger partial charge in [0.2, 0.25) is 0 Å². The molecule has 0 amide bonds. The molecule has 1 N–H and O–H groups in total. The van der Waals surface area contributed by atoms with Crippen LogP contribution in [0.5, 0.6) is 0 Å². The minimum atomic E-state index is -0.436. The molecular weight excluding hydrogens is 204 g/mol. The van der Waals surface area contributed by atoms with Gasteiger partial charge in [-0.1, -0.05) is 6.92 Å². The van der Waals surface area contributed by atoms with Gasteiger partial charge in [0.25, 0.3) is 0 Å². The highest BCUT2D eigenvalue weighted by Crippen LogP contribution is 2.28. The van der Waals surface area contributed by atoms with E-state index in [1.54, 1.807) is 6.20 Å². The van der Waals surface area contributed by atoms with Gasteiger partial charge in [-0.05, 0) is 25.3 Å². The number of nitrogens with zero attached hydrogens (tertiary/aromatic N) is 2. The van der Waals surface area contributed by atoms with Crippen molar-refractivity contribution in [2.75, 3.05) is 13.2 Å². The van der Waals surface area contributed by atoms with Gasteiger partial charge < -0.3 is 9.84 Å². The third-order valence-corrected chi connectivity index (χ3v) is 3.13. The summed E-state index contributed by atoms with van der Waals surface area (Å²) >= 11 is 0. The second-order valence-corrected chi connectivity index (χ2v) is 4.40. The van der Waals surface area contributed by atoms with Gasteiger partial charge in [-0.3, -0.25) is 4.68 Å². The standard InChI is InChI=1S/C12H20N2O2/c1-2-7-14-11(5-6-13-14)12(15)10-4-3-8-16-9-10/h5-6,10,12,15H,2-4,7-9H2,1H3. The molecule has 1 saturated heterocycles. The van der Waals surface area contributed by atoms with Crippen molar-refractivity contribution in [2.45, 2.75) is 38.8 Å². The number of aryl methyl sites for hydroxylation is 1. The van der Waals surface area contributed by atoms with Crippen LogP contribution < -0.4 is 0 Å². The Morgan fingerprint density at radius 2 is 2.56 bits per heavy atom. The third kappa shape index (κ3) is 2.44. The Bertz CT molecular complexity index is 319. The Morgan fingerprint density at radius 1 is 1.69 bits per heavy atom. The van der Waals surface area contributed by atoms with Crippen LogP contribution in [0.3, 0.4) is 0 Å². The molecule has 0 bridgehead atoms. The fourth-order valence-electron chi connectivity index (χ4n) is 2.25. The molecule has 2 atom stereocenters. The number of aliphatic hydroxyl groups is 1. The molecule has 2 rings (SSSR count). The number of hydrogen-bond donors (Lipinski definition) is 1. The summed E-state index contributed by atoms with van der Waals surface area (Å²) in [5.74, 6) is 0.223. The van der Waals surface area contributed by atoms with Crippen molar-refractivity contribution in [3.8, 4) is 0 Å². The predicted octanol–water partition coefficient (Wildman–Crippen LogP) is 1.75. The van der Waals surface area contributed by atoms with Crippen molar-refractivity contribution >= 4 is 0 Å². The molecule has 1 fully saturated rings. The van der Waals surface area contributed by atoms with Crippen LogP contribution >= 0.6 is 0 Å². The largest absolute Gasteiger partial charge is 0.386 e. The van der Waals surface area contributed by atoms with Gasteiger partial charge in [0.1, 0.15) is 6.10 Å². The van der Waals surface area contributed by atoms with Crippen LogP contribution in [0.4, 0.5) is 0 Å². The van der Waals surface area contributed by atoms with E-state index in [-0.39, 0.29) is 5.92 Å². The van der Waals surface area contributed by atoms with Crippen molar-refractivity contribution in [1.82, 2.24) is 9.78 Å². The first-order valence-electron chi connectivity index (χ1n) is 6.10. The second kappa shape index (κ2) is 5.46. The highest BCUT2D eigenvalue weighted by atomic mass is 16.5. The van der Waals surface area contributed by atoms with Gasteiger partial charge in [0.15, 0.2) is 0 Å². The van der Waals surface area contributed by atoms with Gasteiger partial charge >= 0.3 is 0 Å². The first kappa shape index (κ1) is 11.6. The summed E-state index contributed by atoms with van der Waals surface area (Å²) in [6.07, 6.45) is 4.44. The number of aromatic nitrogens is 2. The van der Waals surface area contributed by atoms with Gasteiger partial charge in [0, 0.05) is 25.3 Å². The molecule has 1 aliphatic rings. The zero-order chi connectivity index (χ0) is 11.4. The predicted molar refractivity (Wildman–Crippen MR) is 61.0 cm³/mol. The highest BCUT2D eigenvalue weighted by molar-refractivity contribution is 5.06. The SMILES string of the molecule is CCCn1nccc1C(O)C1CCCOC1. The quantitative estimate of drug-likeness (QED) is 0.847. The Labute approximate surface area is 96.2 Å². The molecule has 4 nitrogen and oxygen atoms in total. The average Bonchev–Trinajstić information content (AvgIpc) is 2.78. The zero-order valence-corrected chi connectivity index (χ0v) is 9.80. The fraction of sp³-hybridized carbons (Fsp3) is 0.750. The van der Waals surface area contributed by atoms with Crippen LogP contribution in [-0.4, -0.2) is 28.1 Å². The molecule has 0 aliphatic carbocycles. The molecule has 1 aliphatic heterocycles. The van der Waals surface area contributed by atoms with Gasteiger partial charge in [-0.2, -0.15) is 5.10 Å². The summed E-state index contributed by atoms with van der Waals surface area (Å²) in [6.45, 7) is 4.48. The number of hydrogen-bond acceptors (Lipinski definition) is 3. The first-order chi connectivity index (χ1) is 7.83. The molecule has 4 heteroatoms. The lowest BCUT2D eigenvalue weighted by Gasteiger charge is -2.27. The van der Waals surface area contributed by atoms with Crippen LogP contribution in [0.2, 0.25) is 0 Å². The maximum absolute atomic E-state index is 10.3. The molecule has 0 saturated carbocycles. The van der Waals surface area contributed by atoms with Crippen molar-refractivity contribution in [3.05, 3.63) is 18.0 Å². The van der Waals surface area contributed by atoms with Crippen LogP contribution in [0, 0.1) is 5.92 Å². The maximum atomic E-state index is 10.3. The molecule has 1 aromatic rings. The summed E-state index contributed by atoms with van der Waals surface area (Å²) in [6, 6.07) is 1.91. The summed E-state index contributed by atoms with van der Waals surface area (Å²) in [7, 11) is 0. The second-order valence-electron chi connectivity index (χ2n) is 4.40. The summed E-state index contributed by atoms with van der Waals surface area (Å²) in [4.78, 5) is 0. The third-order valence-electron chi connectivity index (χ3n) is 3.13. The summed E-state index contributed by atoms with van der Waals surface area (Å²) in [5, 5.41) is 14.5. The Balaban J connectivity index is 2.06. The van der Waals surface area contributed by atoms with E-state index in [1.807, 2.05) is 10.7 Å². The molecule has 2 unspecified atom stereocenters. The van der Waals surface area contributed by atoms with E-state index in [9.17, 15) is 5.11 Å². The normalized spacial score (nSPS) is 23.2. The van der Waals surface area contributed by atoms with Crippen LogP contribution in [0.25, 0.3) is 0 Å². The molecule has 90 valence electrons. The van der Waals surface area contributed by atoms with Crippen LogP contribution in [0.1, 0.15) is 38.0 Å². The van der Waals surface area contributed by atoms with Gasteiger partial charge in [-0.15, -0.1) is 0 Å². The van der Waals surface area contributed by atoms with E-state index < -0.39 is 6.10 Å². The van der Waals surface area contributed by atoms with Gasteiger partial charge in [0.05, 0.1) is 12.3 Å². The average molecular weight is 224 g/mol. The first-order valence-corrected chi connectivity index (χ1v) is 6.10. The molecule has 1 aromatic heterocycles. The smallest absolute Gasteiger partial charge is 0.101 e. The van der Waals surface area contributed by atoms with E-state index in [0.717, 1.165) is 38.1 Å². The van der Waals surface area contributed by atoms with Crippen molar-refractivity contribution in [1.29, 1.82) is 0 Å². The molecule has 2 heterocycles. The molecule has 16 heavy (non-hydrogen) atoms. The number of aliphatic hydroxyl groups excluding tert-OH is 1. The summed E-state index contributed by atoms with van der Waals surface area (Å²) < 4.78 is 7.31. The molecule has 0 radical (unpaired) electrons. The Kier molecular flexibility index (Phi) is 3.96. The van der Waals surface area contributed by atoms with E-state index in [1.165, 1.54) is 0 Å². The number of rotatable bonds is 4. The van der Waals surface area contributed by atoms with Crippen LogP contribution in [0.15, 0.2) is 12.3 Å². The fourth-order valence-corrected chi connectivity index (χ4v) is 2.25. The topological polar surface area (TPSA) is 47.3 Å².